The van der Waals surface area contributed by atoms with E-state index in [-0.39, 0.29) is 6.61 Å². The molecule has 4 rings (SSSR count). The lowest BCUT2D eigenvalue weighted by atomic mass is 9.75. The lowest BCUT2D eigenvalue weighted by molar-refractivity contribution is -0.348. The number of ether oxygens (including phenoxy) is 2. The van der Waals surface area contributed by atoms with Crippen LogP contribution in [0, 0.1) is 6.92 Å². The molecule has 33 heavy (non-hydrogen) atoms. The van der Waals surface area contributed by atoms with Crippen LogP contribution in [0.2, 0.25) is 0 Å². The number of fused-ring (bicyclic) bond motifs is 2. The SMILES string of the molecule is CCCCc1ccc(Cc2cc([C@]34OC[C@](C(C)(C)O)(O3)[C@@H](O)C(O)[C@H]4O)ccc2C)cc1. The molecule has 4 N–H and O–H groups in total. The van der Waals surface area contributed by atoms with Crippen LogP contribution < -0.4 is 0 Å². The third-order valence-corrected chi connectivity index (χ3v) is 7.37. The van der Waals surface area contributed by atoms with Gasteiger partial charge in [0.2, 0.25) is 5.79 Å². The standard InChI is InChI=1S/C27H36O6/c1-5-6-7-18-9-11-19(12-10-18)14-20-15-21(13-8-17(20)2)27-24(30)22(28)23(29)26(33-27,16-32-27)25(3,4)31/h8-13,15,22-24,28-31H,5-7,14,16H2,1-4H3/t22?,23-,24+,26-,27-/m0/s1. The second-order valence-electron chi connectivity index (χ2n) is 10.1. The van der Waals surface area contributed by atoms with Crippen molar-refractivity contribution in [3.8, 4) is 0 Å². The van der Waals surface area contributed by atoms with Gasteiger partial charge in [-0.2, -0.15) is 0 Å². The van der Waals surface area contributed by atoms with E-state index in [4.69, 9.17) is 9.47 Å². The van der Waals surface area contributed by atoms with Gasteiger partial charge in [-0.15, -0.1) is 0 Å². The fourth-order valence-electron chi connectivity index (χ4n) is 4.99. The van der Waals surface area contributed by atoms with Crippen LogP contribution in [0.5, 0.6) is 0 Å². The molecule has 6 nitrogen and oxygen atoms in total. The predicted molar refractivity (Wildman–Crippen MR) is 125 cm³/mol. The second-order valence-corrected chi connectivity index (χ2v) is 10.1. The average molecular weight is 457 g/mol. The van der Waals surface area contributed by atoms with Crippen LogP contribution >= 0.6 is 0 Å². The Bertz CT molecular complexity index is 981. The quantitative estimate of drug-likeness (QED) is 0.511. The number of rotatable bonds is 7. The van der Waals surface area contributed by atoms with E-state index < -0.39 is 35.3 Å². The van der Waals surface area contributed by atoms with Crippen LogP contribution in [0.1, 0.15) is 61.4 Å². The minimum absolute atomic E-state index is 0.159. The first-order valence-corrected chi connectivity index (χ1v) is 11.8. The Labute approximate surface area is 195 Å². The van der Waals surface area contributed by atoms with E-state index in [1.54, 1.807) is 6.07 Å². The second kappa shape index (κ2) is 8.77. The van der Waals surface area contributed by atoms with Gasteiger partial charge in [0.25, 0.3) is 0 Å². The van der Waals surface area contributed by atoms with Gasteiger partial charge in [-0.1, -0.05) is 49.7 Å². The highest BCUT2D eigenvalue weighted by atomic mass is 16.8. The number of hydrogen-bond acceptors (Lipinski definition) is 6. The van der Waals surface area contributed by atoms with Crippen LogP contribution in [-0.4, -0.2) is 56.5 Å². The van der Waals surface area contributed by atoms with Crippen molar-refractivity contribution in [2.45, 2.75) is 88.7 Å². The molecule has 0 amide bonds. The summed E-state index contributed by atoms with van der Waals surface area (Å²) < 4.78 is 12.2. The van der Waals surface area contributed by atoms with E-state index >= 15 is 0 Å². The molecule has 2 heterocycles. The van der Waals surface area contributed by atoms with Crippen molar-refractivity contribution in [3.05, 3.63) is 70.3 Å². The highest BCUT2D eigenvalue weighted by Gasteiger charge is 2.71. The number of hydrogen-bond donors (Lipinski definition) is 4. The summed E-state index contributed by atoms with van der Waals surface area (Å²) in [7, 11) is 0. The number of aliphatic hydroxyl groups is 4. The highest BCUT2D eigenvalue weighted by molar-refractivity contribution is 5.39. The van der Waals surface area contributed by atoms with Gasteiger partial charge >= 0.3 is 0 Å². The van der Waals surface area contributed by atoms with E-state index in [0.717, 1.165) is 17.5 Å². The van der Waals surface area contributed by atoms with Crippen molar-refractivity contribution in [1.82, 2.24) is 0 Å². The molecule has 1 unspecified atom stereocenters. The van der Waals surface area contributed by atoms with Gasteiger partial charge < -0.3 is 29.9 Å². The molecule has 0 aliphatic carbocycles. The Morgan fingerprint density at radius 3 is 2.30 bits per heavy atom. The monoisotopic (exact) mass is 456 g/mol. The van der Waals surface area contributed by atoms with Gasteiger partial charge in [0.15, 0.2) is 5.60 Å². The van der Waals surface area contributed by atoms with Crippen LogP contribution in [-0.2, 0) is 28.1 Å². The van der Waals surface area contributed by atoms with E-state index in [2.05, 4.69) is 31.2 Å². The van der Waals surface area contributed by atoms with Gasteiger partial charge in [-0.05, 0) is 68.4 Å². The molecule has 0 radical (unpaired) electrons. The van der Waals surface area contributed by atoms with Crippen LogP contribution in [0.4, 0.5) is 0 Å². The zero-order valence-electron chi connectivity index (χ0n) is 19.9. The summed E-state index contributed by atoms with van der Waals surface area (Å²) in [4.78, 5) is 0. The maximum absolute atomic E-state index is 10.9. The van der Waals surface area contributed by atoms with Gasteiger partial charge in [0.1, 0.15) is 18.3 Å². The van der Waals surface area contributed by atoms with Crippen molar-refractivity contribution < 1.29 is 29.9 Å². The zero-order chi connectivity index (χ0) is 24.0. The summed E-state index contributed by atoms with van der Waals surface area (Å²) >= 11 is 0. The van der Waals surface area contributed by atoms with Gasteiger partial charge in [-0.25, -0.2) is 0 Å². The summed E-state index contributed by atoms with van der Waals surface area (Å²) in [6, 6.07) is 14.3. The Kier molecular flexibility index (Phi) is 6.46. The first-order valence-electron chi connectivity index (χ1n) is 11.8. The lowest BCUT2D eigenvalue weighted by Crippen LogP contribution is -2.70. The van der Waals surface area contributed by atoms with Crippen molar-refractivity contribution in [3.63, 3.8) is 0 Å². The normalized spacial score (nSPS) is 31.7. The Morgan fingerprint density at radius 2 is 1.67 bits per heavy atom. The minimum Gasteiger partial charge on any atom is -0.387 e. The molecule has 2 aromatic carbocycles. The molecule has 6 heteroatoms. The topological polar surface area (TPSA) is 99.4 Å². The summed E-state index contributed by atoms with van der Waals surface area (Å²) in [5.41, 5.74) is 2.11. The largest absolute Gasteiger partial charge is 0.387 e. The molecular formula is C27H36O6. The number of benzene rings is 2. The molecule has 2 bridgehead atoms. The molecule has 5 atom stereocenters. The summed E-state index contributed by atoms with van der Waals surface area (Å²) in [5, 5.41) is 43.0. The lowest BCUT2D eigenvalue weighted by Gasteiger charge is -2.50. The molecule has 0 spiro atoms. The van der Waals surface area contributed by atoms with Crippen LogP contribution in [0.3, 0.4) is 0 Å². The smallest absolute Gasteiger partial charge is 0.225 e. The molecule has 2 aromatic rings. The summed E-state index contributed by atoms with van der Waals surface area (Å²) in [5.74, 6) is -1.68. The average Bonchev–Trinajstić information content (AvgIpc) is 3.18. The van der Waals surface area contributed by atoms with Crippen molar-refractivity contribution in [2.24, 2.45) is 0 Å². The molecule has 2 aliphatic heterocycles. The number of aryl methyl sites for hydroxylation is 2. The molecule has 2 aliphatic rings. The molecule has 2 saturated heterocycles. The van der Waals surface area contributed by atoms with Crippen molar-refractivity contribution in [1.29, 1.82) is 0 Å². The third kappa shape index (κ3) is 4.03. The first-order chi connectivity index (χ1) is 15.5. The van der Waals surface area contributed by atoms with Crippen LogP contribution in [0.15, 0.2) is 42.5 Å². The summed E-state index contributed by atoms with van der Waals surface area (Å²) in [6.45, 7) is 7.07. The highest BCUT2D eigenvalue weighted by Crippen LogP contribution is 2.53. The Hall–Kier alpha value is -1.80. The molecule has 0 saturated carbocycles. The summed E-state index contributed by atoms with van der Waals surface area (Å²) in [6.07, 6.45) is -0.422. The fraction of sp³-hybridized carbons (Fsp3) is 0.556. The van der Waals surface area contributed by atoms with E-state index in [1.807, 2.05) is 19.1 Å². The van der Waals surface area contributed by atoms with Gasteiger partial charge in [0, 0.05) is 5.56 Å². The van der Waals surface area contributed by atoms with Gasteiger partial charge in [0.05, 0.1) is 12.2 Å². The third-order valence-electron chi connectivity index (χ3n) is 7.37. The predicted octanol–water partition coefficient (Wildman–Crippen LogP) is 2.73. The van der Waals surface area contributed by atoms with E-state index in [1.165, 1.54) is 37.8 Å². The molecule has 180 valence electrons. The fourth-order valence-corrected chi connectivity index (χ4v) is 4.99. The zero-order valence-corrected chi connectivity index (χ0v) is 19.9. The molecular weight excluding hydrogens is 420 g/mol. The van der Waals surface area contributed by atoms with Gasteiger partial charge in [-0.3, -0.25) is 0 Å². The number of aliphatic hydroxyl groups excluding tert-OH is 3. The maximum Gasteiger partial charge on any atom is 0.225 e. The maximum atomic E-state index is 10.9. The van der Waals surface area contributed by atoms with Crippen molar-refractivity contribution in [2.75, 3.05) is 6.61 Å². The van der Waals surface area contributed by atoms with E-state index in [0.29, 0.717) is 12.0 Å². The Morgan fingerprint density at radius 1 is 1.00 bits per heavy atom. The first kappa shape index (κ1) is 24.3. The van der Waals surface area contributed by atoms with Crippen molar-refractivity contribution >= 4 is 0 Å². The molecule has 0 aromatic heterocycles. The number of unbranched alkanes of at least 4 members (excludes halogenated alkanes) is 1. The van der Waals surface area contributed by atoms with E-state index in [9.17, 15) is 20.4 Å². The Balaban J connectivity index is 1.66. The minimum atomic E-state index is -1.68. The van der Waals surface area contributed by atoms with Crippen LogP contribution in [0.25, 0.3) is 0 Å². The molecule has 2 fully saturated rings.